The van der Waals surface area contributed by atoms with E-state index in [-0.39, 0.29) is 22.8 Å². The van der Waals surface area contributed by atoms with E-state index in [0.29, 0.717) is 6.16 Å². The molecule has 0 amide bonds. The molecule has 0 N–H and O–H groups in total. The van der Waals surface area contributed by atoms with Crippen LogP contribution in [0.3, 0.4) is 0 Å². The van der Waals surface area contributed by atoms with E-state index >= 15 is 0 Å². The Balaban J connectivity index is 0.00000121. The van der Waals surface area contributed by atoms with Crippen molar-refractivity contribution in [2.45, 2.75) is 0 Å². The number of Topliss-reactive ketones (excluding diaryl/α,β-unsaturated/α-hetero) is 1. The van der Waals surface area contributed by atoms with Crippen molar-refractivity contribution in [2.75, 3.05) is 6.16 Å². The van der Waals surface area contributed by atoms with E-state index in [1.54, 1.807) is 0 Å². The maximum Gasteiger partial charge on any atom is 0.166 e. The van der Waals surface area contributed by atoms with Crippen LogP contribution in [0.25, 0.3) is 0 Å². The second-order valence-corrected chi connectivity index (χ2v) is 3.46. The molecule has 0 fully saturated rings. The van der Waals surface area contributed by atoms with E-state index in [1.165, 1.54) is 0 Å². The molecule has 12 heavy (non-hydrogen) atoms. The predicted octanol–water partition coefficient (Wildman–Crippen LogP) is 3.08. The first kappa shape index (κ1) is 12.3. The van der Waals surface area contributed by atoms with Gasteiger partial charge >= 0.3 is 0 Å². The zero-order valence-electron chi connectivity index (χ0n) is 6.29. The summed E-state index contributed by atoms with van der Waals surface area (Å²) in [4.78, 5) is 11.1. The number of ketones is 1. The summed E-state index contributed by atoms with van der Waals surface area (Å²) >= 11 is 3.30. The Bertz CT molecular complexity index is 258. The van der Waals surface area contributed by atoms with E-state index in [2.05, 4.69) is 25.2 Å². The van der Waals surface area contributed by atoms with Gasteiger partial charge < -0.3 is 0 Å². The second kappa shape index (κ2) is 5.85. The standard InChI is InChI=1S/C8H8BrOP.BrH/c9-7-3-1-6(2-4-7)8(10)5-11;/h1-4H,5,11H2;1H. The van der Waals surface area contributed by atoms with E-state index in [1.807, 2.05) is 24.3 Å². The maximum atomic E-state index is 11.1. The normalized spacial score (nSPS) is 8.83. The fourth-order valence-electron chi connectivity index (χ4n) is 0.754. The monoisotopic (exact) mass is 310 g/mol. The predicted molar refractivity (Wildman–Crippen MR) is 63.4 cm³/mol. The van der Waals surface area contributed by atoms with Gasteiger partial charge in [-0.2, -0.15) is 0 Å². The van der Waals surface area contributed by atoms with Crippen molar-refractivity contribution in [3.63, 3.8) is 0 Å². The smallest absolute Gasteiger partial charge is 0.166 e. The molecule has 0 radical (unpaired) electrons. The number of hydrogen-bond acceptors (Lipinski definition) is 1. The van der Waals surface area contributed by atoms with Crippen LogP contribution < -0.4 is 0 Å². The van der Waals surface area contributed by atoms with Crippen LogP contribution in [-0.4, -0.2) is 11.9 Å². The van der Waals surface area contributed by atoms with Crippen LogP contribution in [0.15, 0.2) is 28.7 Å². The van der Waals surface area contributed by atoms with Gasteiger partial charge in [-0.25, -0.2) is 0 Å². The highest BCUT2D eigenvalue weighted by atomic mass is 79.9. The van der Waals surface area contributed by atoms with Crippen molar-refractivity contribution in [1.29, 1.82) is 0 Å². The Kier molecular flexibility index (Phi) is 5.98. The fraction of sp³-hybridized carbons (Fsp3) is 0.125. The number of hydrogen-bond donors (Lipinski definition) is 0. The molecule has 0 saturated heterocycles. The van der Waals surface area contributed by atoms with Crippen LogP contribution in [0.4, 0.5) is 0 Å². The lowest BCUT2D eigenvalue weighted by atomic mass is 10.2. The Hall–Kier alpha value is 0.280. The quantitative estimate of drug-likeness (QED) is 0.606. The molecule has 1 nitrogen and oxygen atoms in total. The third kappa shape index (κ3) is 3.34. The molecule has 1 aromatic carbocycles. The van der Waals surface area contributed by atoms with Gasteiger partial charge in [-0.05, 0) is 12.1 Å². The summed E-state index contributed by atoms with van der Waals surface area (Å²) in [5.41, 5.74) is 0.767. The highest BCUT2D eigenvalue weighted by molar-refractivity contribution is 9.10. The molecule has 0 aliphatic heterocycles. The molecule has 0 aliphatic carbocycles. The lowest BCUT2D eigenvalue weighted by molar-refractivity contribution is 0.102. The van der Waals surface area contributed by atoms with Crippen LogP contribution in [-0.2, 0) is 0 Å². The lowest BCUT2D eigenvalue weighted by Crippen LogP contribution is -1.98. The largest absolute Gasteiger partial charge is 0.294 e. The lowest BCUT2D eigenvalue weighted by Gasteiger charge is -1.95. The van der Waals surface area contributed by atoms with Gasteiger partial charge in [0.2, 0.25) is 0 Å². The number of carbonyl (C=O) groups is 1. The van der Waals surface area contributed by atoms with E-state index in [4.69, 9.17) is 0 Å². The Morgan fingerprint density at radius 3 is 2.25 bits per heavy atom. The molecular weight excluding hydrogens is 303 g/mol. The maximum absolute atomic E-state index is 11.1. The van der Waals surface area contributed by atoms with Gasteiger partial charge in [0.15, 0.2) is 5.78 Å². The Morgan fingerprint density at radius 1 is 1.33 bits per heavy atom. The molecule has 4 heteroatoms. The van der Waals surface area contributed by atoms with E-state index in [9.17, 15) is 4.79 Å². The summed E-state index contributed by atoms with van der Waals surface area (Å²) in [6.45, 7) is 0. The number of rotatable bonds is 2. The van der Waals surface area contributed by atoms with Gasteiger partial charge in [0.1, 0.15) is 0 Å². The summed E-state index contributed by atoms with van der Waals surface area (Å²) in [6, 6.07) is 7.37. The zero-order valence-corrected chi connectivity index (χ0v) is 10.7. The van der Waals surface area contributed by atoms with Crippen molar-refractivity contribution < 1.29 is 4.79 Å². The van der Waals surface area contributed by atoms with Crippen LogP contribution >= 0.6 is 42.2 Å². The van der Waals surface area contributed by atoms with Gasteiger partial charge in [-0.15, -0.1) is 26.2 Å². The number of carbonyl (C=O) groups excluding carboxylic acids is 1. The van der Waals surface area contributed by atoms with Crippen LogP contribution in [0.1, 0.15) is 10.4 Å². The van der Waals surface area contributed by atoms with Gasteiger partial charge in [0.25, 0.3) is 0 Å². The minimum absolute atomic E-state index is 0. The van der Waals surface area contributed by atoms with Gasteiger partial charge in [0, 0.05) is 16.2 Å². The molecule has 0 spiro atoms. The highest BCUT2D eigenvalue weighted by Gasteiger charge is 2.00. The fourth-order valence-corrected chi connectivity index (χ4v) is 1.25. The van der Waals surface area contributed by atoms with Crippen molar-refractivity contribution in [2.24, 2.45) is 0 Å². The molecule has 0 aromatic heterocycles. The van der Waals surface area contributed by atoms with Crippen molar-refractivity contribution in [3.8, 4) is 0 Å². The Morgan fingerprint density at radius 2 is 1.83 bits per heavy atom. The molecule has 1 atom stereocenters. The van der Waals surface area contributed by atoms with Crippen molar-refractivity contribution in [1.82, 2.24) is 0 Å². The average Bonchev–Trinajstić information content (AvgIpc) is 2.05. The molecule has 1 unspecified atom stereocenters. The molecule has 0 bridgehead atoms. The minimum Gasteiger partial charge on any atom is -0.294 e. The first-order chi connectivity index (χ1) is 5.24. The third-order valence-corrected chi connectivity index (χ3v) is 2.25. The summed E-state index contributed by atoms with van der Waals surface area (Å²) in [6.07, 6.45) is 0.488. The third-order valence-electron chi connectivity index (χ3n) is 1.35. The molecule has 1 rings (SSSR count). The SMILES string of the molecule is Br.O=C(CP)c1ccc(Br)cc1. The summed E-state index contributed by atoms with van der Waals surface area (Å²) in [5, 5.41) is 0. The zero-order chi connectivity index (χ0) is 8.27. The number of halogens is 2. The van der Waals surface area contributed by atoms with Gasteiger partial charge in [0.05, 0.1) is 0 Å². The summed E-state index contributed by atoms with van der Waals surface area (Å²) < 4.78 is 0.998. The van der Waals surface area contributed by atoms with E-state index < -0.39 is 0 Å². The summed E-state index contributed by atoms with van der Waals surface area (Å²) in [7, 11) is 2.42. The second-order valence-electron chi connectivity index (χ2n) is 2.13. The number of benzene rings is 1. The first-order valence-corrected chi connectivity index (χ1v) is 4.84. The minimum atomic E-state index is 0. The van der Waals surface area contributed by atoms with Crippen LogP contribution in [0.2, 0.25) is 0 Å². The molecule has 66 valence electrons. The molecule has 0 saturated carbocycles. The van der Waals surface area contributed by atoms with Crippen LogP contribution in [0, 0.1) is 0 Å². The van der Waals surface area contributed by atoms with Gasteiger partial charge in [-0.3, -0.25) is 4.79 Å². The van der Waals surface area contributed by atoms with Gasteiger partial charge in [-0.1, -0.05) is 28.1 Å². The van der Waals surface area contributed by atoms with Crippen LogP contribution in [0.5, 0.6) is 0 Å². The molecule has 0 heterocycles. The topological polar surface area (TPSA) is 17.1 Å². The molecular formula is C8H9Br2OP. The Labute approximate surface area is 93.0 Å². The van der Waals surface area contributed by atoms with Crippen molar-refractivity contribution in [3.05, 3.63) is 34.3 Å². The average molecular weight is 312 g/mol. The first-order valence-electron chi connectivity index (χ1n) is 3.23. The summed E-state index contributed by atoms with van der Waals surface area (Å²) in [5.74, 6) is 0.155. The van der Waals surface area contributed by atoms with E-state index in [0.717, 1.165) is 10.0 Å². The van der Waals surface area contributed by atoms with Crippen molar-refractivity contribution >= 4 is 47.9 Å². The molecule has 0 aliphatic rings. The highest BCUT2D eigenvalue weighted by Crippen LogP contribution is 2.11. The molecule has 1 aromatic rings.